The number of carbonyl (C=O) groups excluding carboxylic acids is 1. The van der Waals surface area contributed by atoms with Crippen molar-refractivity contribution in [1.82, 2.24) is 9.97 Å². The normalized spacial score (nSPS) is 14.4. The number of aromatic nitrogens is 2. The SMILES string of the molecule is COc1cccc(-c2ccccc2NC(=O)C2CCN(c3nccnc3C)CC2)c1. The van der Waals surface area contributed by atoms with E-state index >= 15 is 0 Å². The van der Waals surface area contributed by atoms with Crippen LogP contribution in [0.5, 0.6) is 5.75 Å². The number of ether oxygens (including phenoxy) is 1. The minimum absolute atomic E-state index is 0.0170. The van der Waals surface area contributed by atoms with Crippen LogP contribution in [0.3, 0.4) is 0 Å². The van der Waals surface area contributed by atoms with E-state index in [4.69, 9.17) is 4.74 Å². The highest BCUT2D eigenvalue weighted by Crippen LogP contribution is 2.31. The van der Waals surface area contributed by atoms with Gasteiger partial charge in [0.1, 0.15) is 11.6 Å². The second kappa shape index (κ2) is 8.95. The summed E-state index contributed by atoms with van der Waals surface area (Å²) in [6, 6.07) is 15.8. The van der Waals surface area contributed by atoms with Crippen LogP contribution in [0.1, 0.15) is 18.5 Å². The van der Waals surface area contributed by atoms with Crippen LogP contribution in [0.2, 0.25) is 0 Å². The largest absolute Gasteiger partial charge is 0.497 e. The van der Waals surface area contributed by atoms with E-state index < -0.39 is 0 Å². The zero-order chi connectivity index (χ0) is 20.9. The number of nitrogens with one attached hydrogen (secondary N) is 1. The molecule has 2 heterocycles. The molecule has 1 aliphatic rings. The second-order valence-corrected chi connectivity index (χ2v) is 7.49. The molecule has 1 N–H and O–H groups in total. The van der Waals surface area contributed by atoms with Crippen LogP contribution in [0, 0.1) is 12.8 Å². The summed E-state index contributed by atoms with van der Waals surface area (Å²) < 4.78 is 5.35. The van der Waals surface area contributed by atoms with Crippen molar-refractivity contribution < 1.29 is 9.53 Å². The van der Waals surface area contributed by atoms with Crippen molar-refractivity contribution in [3.8, 4) is 16.9 Å². The number of benzene rings is 2. The second-order valence-electron chi connectivity index (χ2n) is 7.49. The molecule has 1 aromatic heterocycles. The molecule has 0 saturated carbocycles. The van der Waals surface area contributed by atoms with E-state index in [0.717, 1.165) is 60.0 Å². The summed E-state index contributed by atoms with van der Waals surface area (Å²) in [6.45, 7) is 3.57. The first kappa shape index (κ1) is 19.9. The minimum atomic E-state index is -0.0170. The highest BCUT2D eigenvalue weighted by molar-refractivity contribution is 5.97. The quantitative estimate of drug-likeness (QED) is 0.689. The number of nitrogens with zero attached hydrogens (tertiary/aromatic N) is 3. The molecule has 0 radical (unpaired) electrons. The van der Waals surface area contributed by atoms with E-state index in [1.54, 1.807) is 19.5 Å². The number of para-hydroxylation sites is 1. The van der Waals surface area contributed by atoms with Crippen LogP contribution in [0.15, 0.2) is 60.9 Å². The van der Waals surface area contributed by atoms with Crippen LogP contribution in [0.4, 0.5) is 11.5 Å². The summed E-state index contributed by atoms with van der Waals surface area (Å²) in [5.41, 5.74) is 3.74. The van der Waals surface area contributed by atoms with E-state index in [0.29, 0.717) is 0 Å². The first-order valence-corrected chi connectivity index (χ1v) is 10.2. The number of amides is 1. The smallest absolute Gasteiger partial charge is 0.227 e. The summed E-state index contributed by atoms with van der Waals surface area (Å²) >= 11 is 0. The molecule has 1 amide bonds. The molecule has 0 bridgehead atoms. The molecule has 6 nitrogen and oxygen atoms in total. The highest BCUT2D eigenvalue weighted by atomic mass is 16.5. The van der Waals surface area contributed by atoms with Crippen molar-refractivity contribution in [2.45, 2.75) is 19.8 Å². The predicted molar refractivity (Wildman–Crippen MR) is 119 cm³/mol. The fraction of sp³-hybridized carbons (Fsp3) is 0.292. The molecule has 4 rings (SSSR count). The summed E-state index contributed by atoms with van der Waals surface area (Å²) in [6.07, 6.45) is 5.02. The van der Waals surface area contributed by atoms with Gasteiger partial charge in [-0.1, -0.05) is 30.3 Å². The van der Waals surface area contributed by atoms with E-state index in [2.05, 4.69) is 20.2 Å². The standard InChI is InChI=1S/C24H26N4O2/c1-17-23(26-13-12-25-17)28-14-10-18(11-15-28)24(29)27-22-9-4-3-8-21(22)19-6-5-7-20(16-19)30-2/h3-9,12-13,16,18H,10-11,14-15H2,1-2H3,(H,27,29). The molecule has 6 heteroatoms. The number of hydrogen-bond donors (Lipinski definition) is 1. The third kappa shape index (κ3) is 4.27. The van der Waals surface area contributed by atoms with Gasteiger partial charge in [-0.25, -0.2) is 4.98 Å². The maximum atomic E-state index is 13.0. The lowest BCUT2D eigenvalue weighted by atomic mass is 9.95. The predicted octanol–water partition coefficient (Wildman–Crippen LogP) is 4.32. The fourth-order valence-corrected chi connectivity index (χ4v) is 3.93. The minimum Gasteiger partial charge on any atom is -0.497 e. The van der Waals surface area contributed by atoms with Gasteiger partial charge in [-0.05, 0) is 43.5 Å². The monoisotopic (exact) mass is 402 g/mol. The fourth-order valence-electron chi connectivity index (χ4n) is 3.93. The maximum absolute atomic E-state index is 13.0. The van der Waals surface area contributed by atoms with Gasteiger partial charge in [0.15, 0.2) is 0 Å². The molecule has 0 unspecified atom stereocenters. The molecule has 0 aliphatic carbocycles. The average molecular weight is 402 g/mol. The zero-order valence-corrected chi connectivity index (χ0v) is 17.3. The maximum Gasteiger partial charge on any atom is 0.227 e. The Morgan fingerprint density at radius 3 is 2.60 bits per heavy atom. The number of piperidine rings is 1. The number of methoxy groups -OCH3 is 1. The van der Waals surface area contributed by atoms with Crippen molar-refractivity contribution in [2.75, 3.05) is 30.4 Å². The van der Waals surface area contributed by atoms with Gasteiger partial charge in [0.05, 0.1) is 12.8 Å². The van der Waals surface area contributed by atoms with Gasteiger partial charge in [0.25, 0.3) is 0 Å². The van der Waals surface area contributed by atoms with Crippen molar-refractivity contribution in [3.05, 3.63) is 66.6 Å². The topological polar surface area (TPSA) is 67.3 Å². The average Bonchev–Trinajstić information content (AvgIpc) is 2.80. The molecular formula is C24H26N4O2. The van der Waals surface area contributed by atoms with Crippen LogP contribution < -0.4 is 15.0 Å². The molecular weight excluding hydrogens is 376 g/mol. The number of carbonyl (C=O) groups is 1. The lowest BCUT2D eigenvalue weighted by molar-refractivity contribution is -0.120. The first-order chi connectivity index (χ1) is 14.7. The Balaban J connectivity index is 1.45. The molecule has 0 spiro atoms. The lowest BCUT2D eigenvalue weighted by Crippen LogP contribution is -2.39. The highest BCUT2D eigenvalue weighted by Gasteiger charge is 2.27. The zero-order valence-electron chi connectivity index (χ0n) is 17.3. The number of anilines is 2. The van der Waals surface area contributed by atoms with Crippen molar-refractivity contribution >= 4 is 17.4 Å². The Bertz CT molecular complexity index is 1030. The van der Waals surface area contributed by atoms with Crippen molar-refractivity contribution in [1.29, 1.82) is 0 Å². The third-order valence-electron chi connectivity index (χ3n) is 5.59. The van der Waals surface area contributed by atoms with Crippen LogP contribution >= 0.6 is 0 Å². The van der Waals surface area contributed by atoms with Gasteiger partial charge in [0.2, 0.25) is 5.91 Å². The van der Waals surface area contributed by atoms with Crippen LogP contribution in [-0.2, 0) is 4.79 Å². The van der Waals surface area contributed by atoms with Gasteiger partial charge in [0, 0.05) is 42.7 Å². The lowest BCUT2D eigenvalue weighted by Gasteiger charge is -2.32. The summed E-state index contributed by atoms with van der Waals surface area (Å²) in [7, 11) is 1.65. The summed E-state index contributed by atoms with van der Waals surface area (Å²) in [5.74, 6) is 1.76. The molecule has 30 heavy (non-hydrogen) atoms. The number of hydrogen-bond acceptors (Lipinski definition) is 5. The number of rotatable bonds is 5. The molecule has 3 aromatic rings. The third-order valence-corrected chi connectivity index (χ3v) is 5.59. The molecule has 2 aromatic carbocycles. The number of aryl methyl sites for hydroxylation is 1. The Hall–Kier alpha value is -3.41. The first-order valence-electron chi connectivity index (χ1n) is 10.2. The Kier molecular flexibility index (Phi) is 5.93. The van der Waals surface area contributed by atoms with Crippen molar-refractivity contribution in [3.63, 3.8) is 0 Å². The molecule has 1 aliphatic heterocycles. The Morgan fingerprint density at radius 2 is 1.83 bits per heavy atom. The van der Waals surface area contributed by atoms with Crippen molar-refractivity contribution in [2.24, 2.45) is 5.92 Å². The molecule has 154 valence electrons. The molecule has 1 fully saturated rings. The van der Waals surface area contributed by atoms with Gasteiger partial charge in [-0.3, -0.25) is 9.78 Å². The van der Waals surface area contributed by atoms with Gasteiger partial charge < -0.3 is 15.0 Å². The summed E-state index contributed by atoms with van der Waals surface area (Å²) in [5, 5.41) is 3.16. The van der Waals surface area contributed by atoms with E-state index in [9.17, 15) is 4.79 Å². The van der Waals surface area contributed by atoms with E-state index in [1.807, 2.05) is 55.5 Å². The van der Waals surface area contributed by atoms with Crippen LogP contribution in [-0.4, -0.2) is 36.1 Å². The Labute approximate surface area is 176 Å². The van der Waals surface area contributed by atoms with Gasteiger partial charge in [-0.2, -0.15) is 0 Å². The summed E-state index contributed by atoms with van der Waals surface area (Å²) in [4.78, 5) is 24.0. The molecule has 0 atom stereocenters. The van der Waals surface area contributed by atoms with E-state index in [1.165, 1.54) is 0 Å². The molecule has 1 saturated heterocycles. The van der Waals surface area contributed by atoms with E-state index in [-0.39, 0.29) is 11.8 Å². The van der Waals surface area contributed by atoms with Gasteiger partial charge >= 0.3 is 0 Å². The Morgan fingerprint density at radius 1 is 1.07 bits per heavy atom. The van der Waals surface area contributed by atoms with Crippen LogP contribution in [0.25, 0.3) is 11.1 Å². The van der Waals surface area contributed by atoms with Gasteiger partial charge in [-0.15, -0.1) is 0 Å².